The molecule has 0 aliphatic rings. The number of anilines is 1. The predicted octanol–water partition coefficient (Wildman–Crippen LogP) is 3.77. The van der Waals surface area contributed by atoms with Crippen molar-refractivity contribution >= 4 is 21.6 Å². The number of nitrogens with one attached hydrogen (secondary N) is 1. The Bertz CT molecular complexity index is 1080. The van der Waals surface area contributed by atoms with Gasteiger partial charge in [-0.1, -0.05) is 36.4 Å². The van der Waals surface area contributed by atoms with E-state index in [0.29, 0.717) is 17.0 Å². The van der Waals surface area contributed by atoms with Crippen molar-refractivity contribution in [2.75, 3.05) is 19.5 Å². The van der Waals surface area contributed by atoms with Crippen LogP contribution in [-0.4, -0.2) is 32.8 Å². The van der Waals surface area contributed by atoms with Crippen molar-refractivity contribution in [3.8, 4) is 5.75 Å². The Kier molecular flexibility index (Phi) is 6.31. The largest absolute Gasteiger partial charge is 0.497 e. The van der Waals surface area contributed by atoms with Gasteiger partial charge in [-0.05, 0) is 42.0 Å². The van der Waals surface area contributed by atoms with Crippen molar-refractivity contribution < 1.29 is 17.9 Å². The molecule has 0 heterocycles. The van der Waals surface area contributed by atoms with Crippen molar-refractivity contribution in [2.24, 2.45) is 0 Å². The van der Waals surface area contributed by atoms with Crippen LogP contribution in [0.2, 0.25) is 0 Å². The van der Waals surface area contributed by atoms with Gasteiger partial charge in [0.25, 0.3) is 5.91 Å². The van der Waals surface area contributed by atoms with Gasteiger partial charge >= 0.3 is 0 Å². The van der Waals surface area contributed by atoms with E-state index in [0.717, 1.165) is 5.56 Å². The lowest BCUT2D eigenvalue weighted by molar-refractivity contribution is 0.102. The van der Waals surface area contributed by atoms with E-state index >= 15 is 0 Å². The summed E-state index contributed by atoms with van der Waals surface area (Å²) in [5.74, 6) is 0.297. The Morgan fingerprint density at radius 2 is 1.66 bits per heavy atom. The van der Waals surface area contributed by atoms with Gasteiger partial charge in [0, 0.05) is 30.9 Å². The summed E-state index contributed by atoms with van der Waals surface area (Å²) < 4.78 is 32.0. The van der Waals surface area contributed by atoms with Gasteiger partial charge in [-0.2, -0.15) is 4.31 Å². The molecular formula is C22H22N2O4S. The zero-order valence-corrected chi connectivity index (χ0v) is 17.0. The number of hydrogen-bond donors (Lipinski definition) is 1. The molecule has 1 N–H and O–H groups in total. The normalized spacial score (nSPS) is 11.3. The molecule has 150 valence electrons. The molecule has 0 aromatic heterocycles. The summed E-state index contributed by atoms with van der Waals surface area (Å²) in [7, 11) is -0.578. The highest BCUT2D eigenvalue weighted by Gasteiger charge is 2.21. The highest BCUT2D eigenvalue weighted by atomic mass is 32.2. The van der Waals surface area contributed by atoms with Crippen LogP contribution in [0, 0.1) is 0 Å². The maximum absolute atomic E-state index is 12.8. The summed E-state index contributed by atoms with van der Waals surface area (Å²) in [6.07, 6.45) is 0. The molecule has 0 radical (unpaired) electrons. The lowest BCUT2D eigenvalue weighted by Crippen LogP contribution is -2.26. The van der Waals surface area contributed by atoms with Crippen LogP contribution in [0.5, 0.6) is 5.75 Å². The number of ether oxygens (including phenoxy) is 1. The van der Waals surface area contributed by atoms with Crippen LogP contribution in [0.4, 0.5) is 5.69 Å². The summed E-state index contributed by atoms with van der Waals surface area (Å²) in [5.41, 5.74) is 1.85. The fraction of sp³-hybridized carbons (Fsp3) is 0.136. The first kappa shape index (κ1) is 20.6. The van der Waals surface area contributed by atoms with Gasteiger partial charge in [-0.15, -0.1) is 0 Å². The average molecular weight is 410 g/mol. The number of nitrogens with zero attached hydrogens (tertiary/aromatic N) is 1. The molecule has 0 bridgehead atoms. The van der Waals surface area contributed by atoms with E-state index in [4.69, 9.17) is 4.74 Å². The van der Waals surface area contributed by atoms with Crippen LogP contribution in [0.15, 0.2) is 83.8 Å². The lowest BCUT2D eigenvalue weighted by Gasteiger charge is -2.17. The highest BCUT2D eigenvalue weighted by Crippen LogP contribution is 2.20. The third kappa shape index (κ3) is 5.01. The third-order valence-corrected chi connectivity index (χ3v) is 6.22. The second-order valence-electron chi connectivity index (χ2n) is 6.46. The monoisotopic (exact) mass is 410 g/mol. The molecular weight excluding hydrogens is 388 g/mol. The van der Waals surface area contributed by atoms with E-state index in [1.54, 1.807) is 31.4 Å². The fourth-order valence-electron chi connectivity index (χ4n) is 2.79. The van der Waals surface area contributed by atoms with Crippen LogP contribution >= 0.6 is 0 Å². The van der Waals surface area contributed by atoms with Gasteiger partial charge in [0.15, 0.2) is 0 Å². The van der Waals surface area contributed by atoms with Crippen molar-refractivity contribution in [1.82, 2.24) is 4.31 Å². The van der Waals surface area contributed by atoms with Crippen LogP contribution in [-0.2, 0) is 16.6 Å². The van der Waals surface area contributed by atoms with E-state index in [-0.39, 0.29) is 17.3 Å². The first-order chi connectivity index (χ1) is 13.9. The number of benzene rings is 3. The number of hydrogen-bond acceptors (Lipinski definition) is 4. The molecule has 0 spiro atoms. The maximum atomic E-state index is 12.8. The first-order valence-corrected chi connectivity index (χ1v) is 10.4. The summed E-state index contributed by atoms with van der Waals surface area (Å²) in [6, 6.07) is 22.2. The standard InChI is InChI=1S/C22H22N2O4S/c1-24(16-17-7-4-3-5-8-17)29(26,27)21-13-11-18(12-14-21)22(25)23-19-9-6-10-20(15-19)28-2/h3-15H,16H2,1-2H3,(H,23,25). The quantitative estimate of drug-likeness (QED) is 0.643. The smallest absolute Gasteiger partial charge is 0.255 e. The molecule has 0 aliphatic carbocycles. The number of carbonyl (C=O) groups excluding carboxylic acids is 1. The zero-order valence-electron chi connectivity index (χ0n) is 16.2. The average Bonchev–Trinajstić information content (AvgIpc) is 2.74. The van der Waals surface area contributed by atoms with E-state index in [1.165, 1.54) is 35.6 Å². The molecule has 7 heteroatoms. The molecule has 3 rings (SSSR count). The Morgan fingerprint density at radius 1 is 0.966 bits per heavy atom. The number of amides is 1. The highest BCUT2D eigenvalue weighted by molar-refractivity contribution is 7.89. The predicted molar refractivity (Wildman–Crippen MR) is 112 cm³/mol. The van der Waals surface area contributed by atoms with Crippen LogP contribution in [0.3, 0.4) is 0 Å². The molecule has 0 fully saturated rings. The number of methoxy groups -OCH3 is 1. The molecule has 6 nitrogen and oxygen atoms in total. The topological polar surface area (TPSA) is 75.7 Å². The summed E-state index contributed by atoms with van der Waals surface area (Å²) >= 11 is 0. The molecule has 0 saturated heterocycles. The third-order valence-electron chi connectivity index (χ3n) is 4.40. The minimum absolute atomic E-state index is 0.133. The molecule has 0 unspecified atom stereocenters. The van der Waals surface area contributed by atoms with E-state index in [2.05, 4.69) is 5.32 Å². The Balaban J connectivity index is 1.72. The van der Waals surface area contributed by atoms with Crippen molar-refractivity contribution in [1.29, 1.82) is 0 Å². The van der Waals surface area contributed by atoms with Gasteiger partial charge in [0.1, 0.15) is 5.75 Å². The number of carbonyl (C=O) groups is 1. The van der Waals surface area contributed by atoms with E-state index in [1.807, 2.05) is 30.3 Å². The minimum Gasteiger partial charge on any atom is -0.497 e. The molecule has 0 saturated carbocycles. The molecule has 1 amide bonds. The fourth-order valence-corrected chi connectivity index (χ4v) is 3.95. The summed E-state index contributed by atoms with van der Waals surface area (Å²) in [6.45, 7) is 0.265. The summed E-state index contributed by atoms with van der Waals surface area (Å²) in [4.78, 5) is 12.6. The second kappa shape index (κ2) is 8.89. The molecule has 0 atom stereocenters. The van der Waals surface area contributed by atoms with Crippen molar-refractivity contribution in [3.63, 3.8) is 0 Å². The number of rotatable bonds is 7. The van der Waals surface area contributed by atoms with E-state index in [9.17, 15) is 13.2 Å². The molecule has 3 aromatic rings. The molecule has 29 heavy (non-hydrogen) atoms. The Morgan fingerprint density at radius 3 is 2.31 bits per heavy atom. The van der Waals surface area contributed by atoms with Gasteiger partial charge < -0.3 is 10.1 Å². The van der Waals surface area contributed by atoms with Crippen molar-refractivity contribution in [3.05, 3.63) is 90.0 Å². The van der Waals surface area contributed by atoms with Crippen molar-refractivity contribution in [2.45, 2.75) is 11.4 Å². The van der Waals surface area contributed by atoms with Crippen LogP contribution < -0.4 is 10.1 Å². The van der Waals surface area contributed by atoms with Gasteiger partial charge in [-0.25, -0.2) is 8.42 Å². The number of sulfonamides is 1. The van der Waals surface area contributed by atoms with Crippen LogP contribution in [0.25, 0.3) is 0 Å². The molecule has 0 aliphatic heterocycles. The Labute approximate surface area is 170 Å². The Hall–Kier alpha value is -3.16. The second-order valence-corrected chi connectivity index (χ2v) is 8.50. The van der Waals surface area contributed by atoms with Crippen LogP contribution in [0.1, 0.15) is 15.9 Å². The first-order valence-electron chi connectivity index (χ1n) is 8.96. The summed E-state index contributed by atoms with van der Waals surface area (Å²) in [5, 5.41) is 2.77. The maximum Gasteiger partial charge on any atom is 0.255 e. The van der Waals surface area contributed by atoms with Gasteiger partial charge in [-0.3, -0.25) is 4.79 Å². The zero-order chi connectivity index (χ0) is 20.9. The van der Waals surface area contributed by atoms with Gasteiger partial charge in [0.2, 0.25) is 10.0 Å². The lowest BCUT2D eigenvalue weighted by atomic mass is 10.2. The van der Waals surface area contributed by atoms with Gasteiger partial charge in [0.05, 0.1) is 12.0 Å². The minimum atomic E-state index is -3.66. The van der Waals surface area contributed by atoms with E-state index < -0.39 is 10.0 Å². The SMILES string of the molecule is COc1cccc(NC(=O)c2ccc(S(=O)(=O)N(C)Cc3ccccc3)cc2)c1. The molecule has 3 aromatic carbocycles.